The Morgan fingerprint density at radius 2 is 1.85 bits per heavy atom. The largest absolute Gasteiger partial charge is 0.497 e. The van der Waals surface area contributed by atoms with Gasteiger partial charge in [-0.2, -0.15) is 0 Å². The molecular weight excluding hydrogens is 392 g/mol. The lowest BCUT2D eigenvalue weighted by molar-refractivity contribution is 0.393. The minimum atomic E-state index is 0.741. The van der Waals surface area contributed by atoms with E-state index in [1.54, 1.807) is 7.11 Å². The molecule has 5 heteroatoms. The van der Waals surface area contributed by atoms with Crippen molar-refractivity contribution in [3.05, 3.63) is 77.7 Å². The molecule has 1 aromatic heterocycles. The molecule has 0 atom stereocenters. The summed E-state index contributed by atoms with van der Waals surface area (Å²) in [5, 5.41) is 4.83. The van der Waals surface area contributed by atoms with E-state index in [1.165, 1.54) is 0 Å². The van der Waals surface area contributed by atoms with Gasteiger partial charge < -0.3 is 14.2 Å². The van der Waals surface area contributed by atoms with E-state index >= 15 is 0 Å². The topological polar surface area (TPSA) is 38.5 Å². The van der Waals surface area contributed by atoms with Crippen molar-refractivity contribution in [2.45, 2.75) is 19.2 Å². The Morgan fingerprint density at radius 3 is 2.42 bits per heavy atom. The van der Waals surface area contributed by atoms with E-state index in [0.29, 0.717) is 0 Å². The first kappa shape index (κ1) is 18.3. The van der Waals surface area contributed by atoms with E-state index < -0.39 is 0 Å². The number of rotatable bonds is 6. The number of aromatic nitrogens is 1. The number of anilines is 2. The van der Waals surface area contributed by atoms with Crippen molar-refractivity contribution < 1.29 is 9.26 Å². The second kappa shape index (κ2) is 7.79. The van der Waals surface area contributed by atoms with Crippen LogP contribution in [0.1, 0.15) is 22.6 Å². The summed E-state index contributed by atoms with van der Waals surface area (Å²) in [4.78, 5) is 2.13. The van der Waals surface area contributed by atoms with E-state index in [1.807, 2.05) is 50.2 Å². The van der Waals surface area contributed by atoms with Crippen molar-refractivity contribution in [3.63, 3.8) is 0 Å². The van der Waals surface area contributed by atoms with Crippen LogP contribution in [0.4, 0.5) is 11.4 Å². The Balaban J connectivity index is 2.17. The number of benzene rings is 2. The maximum atomic E-state index is 5.36. The lowest BCUT2D eigenvalue weighted by Gasteiger charge is -2.29. The molecule has 134 valence electrons. The van der Waals surface area contributed by atoms with Crippen molar-refractivity contribution in [1.29, 1.82) is 0 Å². The molecular formula is C21H21BrN2O2. The van der Waals surface area contributed by atoms with Crippen LogP contribution in [0.25, 0.3) is 5.70 Å². The summed E-state index contributed by atoms with van der Waals surface area (Å²) in [5.74, 6) is 1.56. The second-order valence-corrected chi connectivity index (χ2v) is 6.50. The van der Waals surface area contributed by atoms with Gasteiger partial charge in [0.15, 0.2) is 0 Å². The molecule has 0 aliphatic rings. The Bertz CT molecular complexity index is 897. The summed E-state index contributed by atoms with van der Waals surface area (Å²) >= 11 is 3.59. The normalized spacial score (nSPS) is 10.6. The zero-order valence-corrected chi connectivity index (χ0v) is 16.7. The molecule has 0 unspecified atom stereocenters. The van der Waals surface area contributed by atoms with Crippen LogP contribution in [0.5, 0.6) is 5.75 Å². The van der Waals surface area contributed by atoms with E-state index in [9.17, 15) is 0 Å². The lowest BCUT2D eigenvalue weighted by atomic mass is 10.1. The van der Waals surface area contributed by atoms with Crippen LogP contribution in [-0.2, 0) is 5.33 Å². The molecule has 0 N–H and O–H groups in total. The fourth-order valence-corrected chi connectivity index (χ4v) is 3.49. The standard InChI is InChI=1S/C21H21BrN2O2/c1-14-21(16(3)26-23-14)15(2)24(18-9-11-19(25-4)12-10-18)20-8-6-5-7-17(20)13-22/h5-12H,2,13H2,1,3-4H3. The van der Waals surface area contributed by atoms with Gasteiger partial charge in [0.05, 0.1) is 29.8 Å². The number of ether oxygens (including phenoxy) is 1. The highest BCUT2D eigenvalue weighted by Gasteiger charge is 2.22. The fraction of sp³-hybridized carbons (Fsp3) is 0.190. The maximum Gasteiger partial charge on any atom is 0.143 e. The smallest absolute Gasteiger partial charge is 0.143 e. The van der Waals surface area contributed by atoms with Gasteiger partial charge in [-0.3, -0.25) is 0 Å². The molecule has 0 saturated heterocycles. The molecule has 0 aliphatic heterocycles. The Morgan fingerprint density at radius 1 is 1.15 bits per heavy atom. The average Bonchev–Trinajstić information content (AvgIpc) is 3.01. The third-order valence-electron chi connectivity index (χ3n) is 4.30. The van der Waals surface area contributed by atoms with Crippen LogP contribution >= 0.6 is 15.9 Å². The highest BCUT2D eigenvalue weighted by Crippen LogP contribution is 2.38. The molecule has 3 rings (SSSR count). The zero-order valence-electron chi connectivity index (χ0n) is 15.1. The number of halogens is 1. The summed E-state index contributed by atoms with van der Waals surface area (Å²) < 4.78 is 10.7. The van der Waals surface area contributed by atoms with E-state index in [4.69, 9.17) is 9.26 Å². The van der Waals surface area contributed by atoms with E-state index in [-0.39, 0.29) is 0 Å². The quantitative estimate of drug-likeness (QED) is 0.465. The van der Waals surface area contributed by atoms with Gasteiger partial charge in [-0.25, -0.2) is 0 Å². The van der Waals surface area contributed by atoms with Gasteiger partial charge >= 0.3 is 0 Å². The molecule has 0 aliphatic carbocycles. The first-order valence-corrected chi connectivity index (χ1v) is 9.39. The van der Waals surface area contributed by atoms with Crippen LogP contribution in [0, 0.1) is 13.8 Å². The first-order valence-electron chi connectivity index (χ1n) is 8.27. The van der Waals surface area contributed by atoms with Crippen molar-refractivity contribution in [2.75, 3.05) is 12.0 Å². The van der Waals surface area contributed by atoms with Gasteiger partial charge in [-0.15, -0.1) is 0 Å². The number of nitrogens with zero attached hydrogens (tertiary/aromatic N) is 2. The average molecular weight is 413 g/mol. The predicted molar refractivity (Wildman–Crippen MR) is 109 cm³/mol. The third kappa shape index (κ3) is 3.40. The zero-order chi connectivity index (χ0) is 18.7. The molecule has 2 aromatic carbocycles. The van der Waals surface area contributed by atoms with Gasteiger partial charge in [-0.05, 0) is 49.7 Å². The van der Waals surface area contributed by atoms with Crippen molar-refractivity contribution in [2.24, 2.45) is 0 Å². The van der Waals surface area contributed by atoms with Crippen molar-refractivity contribution >= 4 is 33.0 Å². The van der Waals surface area contributed by atoms with Gasteiger partial charge in [-0.1, -0.05) is 45.9 Å². The summed E-state index contributed by atoms with van der Waals surface area (Å²) in [5.41, 5.74) is 5.77. The van der Waals surface area contributed by atoms with E-state index in [2.05, 4.69) is 44.7 Å². The number of methoxy groups -OCH3 is 1. The van der Waals surface area contributed by atoms with Gasteiger partial charge in [0.1, 0.15) is 11.5 Å². The highest BCUT2D eigenvalue weighted by molar-refractivity contribution is 9.08. The third-order valence-corrected chi connectivity index (χ3v) is 4.90. The molecule has 0 amide bonds. The number of alkyl halides is 1. The summed E-state index contributed by atoms with van der Waals surface area (Å²) in [7, 11) is 1.66. The maximum absolute atomic E-state index is 5.36. The fourth-order valence-electron chi connectivity index (χ4n) is 3.02. The number of hydrogen-bond donors (Lipinski definition) is 0. The van der Waals surface area contributed by atoms with Gasteiger partial charge in [0.2, 0.25) is 0 Å². The van der Waals surface area contributed by atoms with Gasteiger partial charge in [0.25, 0.3) is 0 Å². The lowest BCUT2D eigenvalue weighted by Crippen LogP contribution is -2.17. The molecule has 0 bridgehead atoms. The van der Waals surface area contributed by atoms with Crippen LogP contribution in [0.15, 0.2) is 59.6 Å². The van der Waals surface area contributed by atoms with Gasteiger partial charge in [0, 0.05) is 11.0 Å². The molecule has 3 aromatic rings. The van der Waals surface area contributed by atoms with Crippen LogP contribution < -0.4 is 9.64 Å². The SMILES string of the molecule is C=C(c1c(C)noc1C)N(c1ccc(OC)cc1)c1ccccc1CBr. The minimum Gasteiger partial charge on any atom is -0.497 e. The Labute approximate surface area is 162 Å². The number of para-hydroxylation sites is 1. The Hall–Kier alpha value is -2.53. The van der Waals surface area contributed by atoms with Crippen molar-refractivity contribution in [1.82, 2.24) is 5.16 Å². The van der Waals surface area contributed by atoms with Crippen LogP contribution in [-0.4, -0.2) is 12.3 Å². The number of hydrogen-bond acceptors (Lipinski definition) is 4. The summed E-state index contributed by atoms with van der Waals surface area (Å²) in [6.45, 7) is 8.21. The highest BCUT2D eigenvalue weighted by atomic mass is 79.9. The molecule has 0 fully saturated rings. The van der Waals surface area contributed by atoms with Crippen LogP contribution in [0.2, 0.25) is 0 Å². The molecule has 1 heterocycles. The molecule has 0 saturated carbocycles. The predicted octanol–water partition coefficient (Wildman–Crippen LogP) is 6.00. The minimum absolute atomic E-state index is 0.741. The molecule has 26 heavy (non-hydrogen) atoms. The van der Waals surface area contributed by atoms with Crippen molar-refractivity contribution in [3.8, 4) is 5.75 Å². The Kier molecular flexibility index (Phi) is 5.47. The summed E-state index contributed by atoms with van der Waals surface area (Å²) in [6, 6.07) is 16.2. The molecule has 0 spiro atoms. The monoisotopic (exact) mass is 412 g/mol. The summed E-state index contributed by atoms with van der Waals surface area (Å²) in [6.07, 6.45) is 0. The number of aryl methyl sites for hydroxylation is 2. The van der Waals surface area contributed by atoms with E-state index in [0.717, 1.165) is 50.7 Å². The molecule has 4 nitrogen and oxygen atoms in total. The molecule has 0 radical (unpaired) electrons. The second-order valence-electron chi connectivity index (χ2n) is 5.94. The van der Waals surface area contributed by atoms with Crippen LogP contribution in [0.3, 0.4) is 0 Å². The first-order chi connectivity index (χ1) is 12.6.